The van der Waals surface area contributed by atoms with E-state index >= 15 is 0 Å². The first kappa shape index (κ1) is 11.0. The Kier molecular flexibility index (Phi) is 3.28. The van der Waals surface area contributed by atoms with Crippen molar-refractivity contribution in [1.29, 1.82) is 0 Å². The van der Waals surface area contributed by atoms with Gasteiger partial charge in [-0.25, -0.2) is 0 Å². The second-order valence-corrected chi connectivity index (χ2v) is 2.78. The zero-order valence-electron chi connectivity index (χ0n) is 8.44. The molecule has 0 saturated heterocycles. The molecule has 0 amide bonds. The summed E-state index contributed by atoms with van der Waals surface area (Å²) >= 11 is 0. The van der Waals surface area contributed by atoms with Gasteiger partial charge in [0.2, 0.25) is 5.78 Å². The average Bonchev–Trinajstić information content (AvgIpc) is 2.26. The van der Waals surface area contributed by atoms with Crippen LogP contribution in [0.15, 0.2) is 12.1 Å². The van der Waals surface area contributed by atoms with Crippen molar-refractivity contribution in [2.24, 2.45) is 0 Å². The molecule has 0 bridgehead atoms. The summed E-state index contributed by atoms with van der Waals surface area (Å²) in [6, 6.07) is 2.95. The summed E-state index contributed by atoms with van der Waals surface area (Å²) in [6.07, 6.45) is 0.195. The van der Waals surface area contributed by atoms with E-state index in [0.717, 1.165) is 0 Å². The van der Waals surface area contributed by atoms with Gasteiger partial charge in [-0.15, -0.1) is 0 Å². The van der Waals surface area contributed by atoms with E-state index < -0.39 is 5.78 Å². The summed E-state index contributed by atoms with van der Waals surface area (Å²) in [4.78, 5) is 21.6. The number of methoxy groups -OCH3 is 2. The van der Waals surface area contributed by atoms with Crippen molar-refractivity contribution in [3.63, 3.8) is 0 Å². The maximum atomic E-state index is 11.2. The fourth-order valence-electron chi connectivity index (χ4n) is 1.21. The number of Topliss-reactive ketones (excluding diaryl/α,β-unsaturated/α-hetero) is 1. The normalized spacial score (nSPS) is 9.47. The lowest BCUT2D eigenvalue weighted by Crippen LogP contribution is -2.07. The van der Waals surface area contributed by atoms with E-state index in [1.165, 1.54) is 26.4 Å². The van der Waals surface area contributed by atoms with Gasteiger partial charge in [0, 0.05) is 12.1 Å². The minimum absolute atomic E-state index is 0.0632. The van der Waals surface area contributed by atoms with E-state index in [0.29, 0.717) is 5.75 Å². The number of hydrogen-bond donors (Lipinski definition) is 1. The van der Waals surface area contributed by atoms with Gasteiger partial charge in [0.15, 0.2) is 6.29 Å². The smallest absolute Gasteiger partial charge is 0.231 e. The van der Waals surface area contributed by atoms with Crippen molar-refractivity contribution < 1.29 is 19.1 Å². The number of rotatable bonds is 4. The molecule has 0 atom stereocenters. The monoisotopic (exact) mass is 209 g/mol. The Morgan fingerprint density at radius 2 is 2.00 bits per heavy atom. The molecule has 0 aromatic heterocycles. The zero-order valence-corrected chi connectivity index (χ0v) is 8.44. The quantitative estimate of drug-likeness (QED) is 0.341. The van der Waals surface area contributed by atoms with Crippen molar-refractivity contribution in [3.05, 3.63) is 17.7 Å². The molecule has 0 saturated carbocycles. The molecular formula is C10H11NO4. The lowest BCUT2D eigenvalue weighted by molar-refractivity contribution is -0.104. The third kappa shape index (κ3) is 2.07. The number of nitrogen functional groups attached to an aromatic ring is 1. The van der Waals surface area contributed by atoms with Crippen LogP contribution in [0.4, 0.5) is 5.69 Å². The molecule has 1 aromatic rings. The van der Waals surface area contributed by atoms with Crippen LogP contribution >= 0.6 is 0 Å². The molecule has 0 heterocycles. The van der Waals surface area contributed by atoms with Gasteiger partial charge in [-0.3, -0.25) is 9.59 Å². The van der Waals surface area contributed by atoms with Gasteiger partial charge in [0.1, 0.15) is 11.5 Å². The van der Waals surface area contributed by atoms with Crippen LogP contribution in [0.3, 0.4) is 0 Å². The van der Waals surface area contributed by atoms with Gasteiger partial charge >= 0.3 is 0 Å². The summed E-state index contributed by atoms with van der Waals surface area (Å²) < 4.78 is 9.90. The summed E-state index contributed by atoms with van der Waals surface area (Å²) in [7, 11) is 2.85. The molecule has 80 valence electrons. The number of aldehydes is 1. The van der Waals surface area contributed by atoms with E-state index in [-0.39, 0.29) is 23.3 Å². The molecule has 0 aliphatic rings. The Labute approximate surface area is 86.8 Å². The molecule has 1 aromatic carbocycles. The number of ketones is 1. The Morgan fingerprint density at radius 1 is 1.33 bits per heavy atom. The second kappa shape index (κ2) is 4.45. The van der Waals surface area contributed by atoms with Crippen molar-refractivity contribution in [1.82, 2.24) is 0 Å². The van der Waals surface area contributed by atoms with Crippen LogP contribution in [0.1, 0.15) is 10.4 Å². The van der Waals surface area contributed by atoms with Crippen molar-refractivity contribution in [2.45, 2.75) is 0 Å². The highest BCUT2D eigenvalue weighted by atomic mass is 16.5. The van der Waals surface area contributed by atoms with Crippen LogP contribution in [0.2, 0.25) is 0 Å². The zero-order chi connectivity index (χ0) is 11.4. The van der Waals surface area contributed by atoms with Crippen LogP contribution in [-0.2, 0) is 4.79 Å². The molecule has 0 fully saturated rings. The number of ether oxygens (including phenoxy) is 2. The molecule has 0 aliphatic heterocycles. The van der Waals surface area contributed by atoms with E-state index in [1.54, 1.807) is 0 Å². The SMILES string of the molecule is COc1cc(N)c(C(=O)C=O)c(OC)c1. The third-order valence-electron chi connectivity index (χ3n) is 1.92. The van der Waals surface area contributed by atoms with Crippen LogP contribution in [-0.4, -0.2) is 26.3 Å². The fourth-order valence-corrected chi connectivity index (χ4v) is 1.21. The summed E-state index contributed by atoms with van der Waals surface area (Å²) in [5.41, 5.74) is 5.83. The number of carbonyl (C=O) groups is 2. The molecular weight excluding hydrogens is 198 g/mol. The van der Waals surface area contributed by atoms with Gasteiger partial charge in [0.25, 0.3) is 0 Å². The first-order valence-corrected chi connectivity index (χ1v) is 4.15. The number of benzene rings is 1. The highest BCUT2D eigenvalue weighted by Gasteiger charge is 2.16. The molecule has 15 heavy (non-hydrogen) atoms. The van der Waals surface area contributed by atoms with E-state index in [4.69, 9.17) is 15.2 Å². The Balaban J connectivity index is 3.36. The number of anilines is 1. The van der Waals surface area contributed by atoms with Gasteiger partial charge in [-0.2, -0.15) is 0 Å². The molecule has 0 radical (unpaired) electrons. The molecule has 1 rings (SSSR count). The summed E-state index contributed by atoms with van der Waals surface area (Å²) in [5, 5.41) is 0. The van der Waals surface area contributed by atoms with Gasteiger partial charge < -0.3 is 15.2 Å². The topological polar surface area (TPSA) is 78.6 Å². The lowest BCUT2D eigenvalue weighted by atomic mass is 10.1. The highest BCUT2D eigenvalue weighted by Crippen LogP contribution is 2.30. The molecule has 0 aliphatic carbocycles. The third-order valence-corrected chi connectivity index (χ3v) is 1.92. The minimum atomic E-state index is -0.716. The van der Waals surface area contributed by atoms with Crippen LogP contribution < -0.4 is 15.2 Å². The maximum absolute atomic E-state index is 11.2. The number of nitrogens with two attached hydrogens (primary N) is 1. The molecule has 5 heteroatoms. The van der Waals surface area contributed by atoms with Crippen molar-refractivity contribution in [2.75, 3.05) is 20.0 Å². The molecule has 0 unspecified atom stereocenters. The fraction of sp³-hybridized carbons (Fsp3) is 0.200. The number of hydrogen-bond acceptors (Lipinski definition) is 5. The Bertz CT molecular complexity index is 401. The highest BCUT2D eigenvalue weighted by molar-refractivity contribution is 6.35. The van der Waals surface area contributed by atoms with Crippen molar-refractivity contribution >= 4 is 17.8 Å². The van der Waals surface area contributed by atoms with Crippen molar-refractivity contribution in [3.8, 4) is 11.5 Å². The van der Waals surface area contributed by atoms with Gasteiger partial charge in [-0.1, -0.05) is 0 Å². The number of carbonyl (C=O) groups excluding carboxylic acids is 2. The molecule has 2 N–H and O–H groups in total. The predicted octanol–water partition coefficient (Wildman–Crippen LogP) is 0.668. The van der Waals surface area contributed by atoms with Crippen LogP contribution in [0.25, 0.3) is 0 Å². The van der Waals surface area contributed by atoms with Gasteiger partial charge in [-0.05, 0) is 0 Å². The maximum Gasteiger partial charge on any atom is 0.231 e. The minimum Gasteiger partial charge on any atom is -0.497 e. The van der Waals surface area contributed by atoms with E-state index in [9.17, 15) is 9.59 Å². The van der Waals surface area contributed by atoms with Gasteiger partial charge in [0.05, 0.1) is 25.5 Å². The van der Waals surface area contributed by atoms with E-state index in [1.807, 2.05) is 0 Å². The Hall–Kier alpha value is -2.04. The summed E-state index contributed by atoms with van der Waals surface area (Å²) in [6.45, 7) is 0. The first-order chi connectivity index (χ1) is 7.13. The average molecular weight is 209 g/mol. The van der Waals surface area contributed by atoms with Crippen LogP contribution in [0, 0.1) is 0 Å². The lowest BCUT2D eigenvalue weighted by Gasteiger charge is -2.10. The first-order valence-electron chi connectivity index (χ1n) is 4.15. The largest absolute Gasteiger partial charge is 0.497 e. The Morgan fingerprint density at radius 3 is 2.47 bits per heavy atom. The molecule has 0 spiro atoms. The second-order valence-electron chi connectivity index (χ2n) is 2.78. The predicted molar refractivity (Wildman–Crippen MR) is 54.4 cm³/mol. The van der Waals surface area contributed by atoms with E-state index in [2.05, 4.69) is 0 Å². The molecule has 5 nitrogen and oxygen atoms in total. The standard InChI is InChI=1S/C10H11NO4/c1-14-6-3-7(11)10(8(13)5-12)9(4-6)15-2/h3-5H,11H2,1-2H3. The summed E-state index contributed by atoms with van der Waals surface area (Å²) in [5.74, 6) is -0.0252. The van der Waals surface area contributed by atoms with Crippen LogP contribution in [0.5, 0.6) is 11.5 Å².